The van der Waals surface area contributed by atoms with E-state index in [2.05, 4.69) is 6.92 Å². The van der Waals surface area contributed by atoms with E-state index >= 15 is 0 Å². The van der Waals surface area contributed by atoms with E-state index in [1.165, 1.54) is 12.8 Å². The second-order valence-corrected chi connectivity index (χ2v) is 3.28. The third-order valence-corrected chi connectivity index (χ3v) is 2.27. The second kappa shape index (κ2) is 3.35. The molecule has 0 atom stereocenters. The molecule has 0 aliphatic carbocycles. The molecule has 0 radical (unpaired) electrons. The molecule has 2 heteroatoms. The van der Waals surface area contributed by atoms with Crippen LogP contribution < -0.4 is 5.73 Å². The maximum atomic E-state index is 5.50. The van der Waals surface area contributed by atoms with Crippen molar-refractivity contribution in [2.75, 3.05) is 19.8 Å². The first-order chi connectivity index (χ1) is 4.83. The van der Waals surface area contributed by atoms with Crippen molar-refractivity contribution in [3.63, 3.8) is 0 Å². The van der Waals surface area contributed by atoms with Crippen LogP contribution >= 0.6 is 0 Å². The van der Waals surface area contributed by atoms with Crippen LogP contribution in [0, 0.1) is 5.41 Å². The summed E-state index contributed by atoms with van der Waals surface area (Å²) < 4.78 is 5.19. The van der Waals surface area contributed by atoms with Crippen LogP contribution in [0.1, 0.15) is 26.2 Å². The summed E-state index contributed by atoms with van der Waals surface area (Å²) in [6.45, 7) is 4.91. The minimum atomic E-state index is 0.476. The molecule has 1 aliphatic rings. The van der Waals surface area contributed by atoms with Gasteiger partial charge in [0.2, 0.25) is 0 Å². The molecular formula is C8H17NO. The molecule has 0 saturated carbocycles. The fraction of sp³-hybridized carbons (Fsp3) is 1.00. The van der Waals surface area contributed by atoms with Crippen LogP contribution in [-0.2, 0) is 4.74 Å². The molecule has 2 N–H and O–H groups in total. The molecule has 0 aromatic heterocycles. The topological polar surface area (TPSA) is 35.2 Å². The van der Waals surface area contributed by atoms with Gasteiger partial charge < -0.3 is 10.5 Å². The van der Waals surface area contributed by atoms with Crippen LogP contribution in [0.4, 0.5) is 0 Å². The average molecular weight is 143 g/mol. The van der Waals surface area contributed by atoms with Crippen molar-refractivity contribution >= 4 is 0 Å². The summed E-state index contributed by atoms with van der Waals surface area (Å²) in [5.74, 6) is 0. The minimum absolute atomic E-state index is 0.476. The first kappa shape index (κ1) is 8.02. The van der Waals surface area contributed by atoms with Gasteiger partial charge in [-0.15, -0.1) is 0 Å². The molecule has 1 rings (SSSR count). The first-order valence-electron chi connectivity index (χ1n) is 4.11. The molecule has 1 saturated heterocycles. The number of hydrogen-bond acceptors (Lipinski definition) is 2. The Balaban J connectivity index is 2.27. The highest BCUT2D eigenvalue weighted by atomic mass is 16.5. The summed E-state index contributed by atoms with van der Waals surface area (Å²) in [4.78, 5) is 0. The van der Waals surface area contributed by atoms with Gasteiger partial charge in [-0.05, 0) is 19.4 Å². The van der Waals surface area contributed by atoms with Gasteiger partial charge in [-0.2, -0.15) is 0 Å². The van der Waals surface area contributed by atoms with Crippen LogP contribution in [0.3, 0.4) is 0 Å². The third kappa shape index (κ3) is 1.50. The van der Waals surface area contributed by atoms with Crippen LogP contribution in [0.15, 0.2) is 0 Å². The highest BCUT2D eigenvalue weighted by Gasteiger charge is 2.36. The maximum Gasteiger partial charge on any atom is 0.0545 e. The Labute approximate surface area is 62.7 Å². The van der Waals surface area contributed by atoms with E-state index in [1.807, 2.05) is 0 Å². The summed E-state index contributed by atoms with van der Waals surface area (Å²) >= 11 is 0. The number of nitrogens with two attached hydrogens (primary N) is 1. The third-order valence-electron chi connectivity index (χ3n) is 2.27. The molecule has 0 unspecified atom stereocenters. The van der Waals surface area contributed by atoms with Crippen LogP contribution in [-0.4, -0.2) is 19.8 Å². The summed E-state index contributed by atoms with van der Waals surface area (Å²) in [6.07, 6.45) is 3.68. The lowest BCUT2D eigenvalue weighted by molar-refractivity contribution is -0.120. The van der Waals surface area contributed by atoms with E-state index in [0.717, 1.165) is 26.2 Å². The van der Waals surface area contributed by atoms with E-state index in [-0.39, 0.29) is 0 Å². The Hall–Kier alpha value is -0.0800. The van der Waals surface area contributed by atoms with Crippen molar-refractivity contribution in [2.45, 2.75) is 26.2 Å². The summed E-state index contributed by atoms with van der Waals surface area (Å²) in [5, 5.41) is 0. The Bertz CT molecular complexity index is 91.4. The standard InChI is InChI=1S/C8H17NO/c1-2-3-8(4-5-9)6-10-7-8/h2-7,9H2,1H3. The van der Waals surface area contributed by atoms with E-state index in [4.69, 9.17) is 10.5 Å². The second-order valence-electron chi connectivity index (χ2n) is 3.28. The Morgan fingerprint density at radius 3 is 2.40 bits per heavy atom. The zero-order valence-electron chi connectivity index (χ0n) is 6.73. The number of ether oxygens (including phenoxy) is 1. The fourth-order valence-corrected chi connectivity index (χ4v) is 1.64. The van der Waals surface area contributed by atoms with Gasteiger partial charge in [0, 0.05) is 5.41 Å². The molecule has 0 aromatic carbocycles. The Morgan fingerprint density at radius 1 is 1.40 bits per heavy atom. The van der Waals surface area contributed by atoms with E-state index in [0.29, 0.717) is 5.41 Å². The van der Waals surface area contributed by atoms with E-state index in [9.17, 15) is 0 Å². The Morgan fingerprint density at radius 2 is 2.10 bits per heavy atom. The van der Waals surface area contributed by atoms with Crippen molar-refractivity contribution in [3.8, 4) is 0 Å². The smallest absolute Gasteiger partial charge is 0.0545 e. The van der Waals surface area contributed by atoms with Crippen molar-refractivity contribution < 1.29 is 4.74 Å². The molecule has 1 heterocycles. The van der Waals surface area contributed by atoms with Crippen molar-refractivity contribution in [1.29, 1.82) is 0 Å². The maximum absolute atomic E-state index is 5.50. The fourth-order valence-electron chi connectivity index (χ4n) is 1.64. The molecule has 1 fully saturated rings. The van der Waals surface area contributed by atoms with Gasteiger partial charge in [-0.25, -0.2) is 0 Å². The molecular weight excluding hydrogens is 126 g/mol. The SMILES string of the molecule is CCCC1(CCN)COC1. The van der Waals surface area contributed by atoms with Crippen molar-refractivity contribution in [1.82, 2.24) is 0 Å². The molecule has 0 aromatic rings. The van der Waals surface area contributed by atoms with E-state index < -0.39 is 0 Å². The molecule has 1 aliphatic heterocycles. The zero-order valence-corrected chi connectivity index (χ0v) is 6.73. The molecule has 0 amide bonds. The predicted molar refractivity (Wildman–Crippen MR) is 41.8 cm³/mol. The highest BCUT2D eigenvalue weighted by molar-refractivity contribution is 4.85. The number of rotatable bonds is 4. The van der Waals surface area contributed by atoms with E-state index in [1.54, 1.807) is 0 Å². The van der Waals surface area contributed by atoms with Gasteiger partial charge in [0.15, 0.2) is 0 Å². The molecule has 60 valence electrons. The molecule has 0 bridgehead atoms. The monoisotopic (exact) mass is 143 g/mol. The normalized spacial score (nSPS) is 22.2. The van der Waals surface area contributed by atoms with Gasteiger partial charge in [0.1, 0.15) is 0 Å². The average Bonchev–Trinajstić information content (AvgIpc) is 1.84. The van der Waals surface area contributed by atoms with Crippen molar-refractivity contribution in [3.05, 3.63) is 0 Å². The minimum Gasteiger partial charge on any atom is -0.380 e. The molecule has 2 nitrogen and oxygen atoms in total. The molecule has 10 heavy (non-hydrogen) atoms. The zero-order chi connectivity index (χ0) is 7.45. The van der Waals surface area contributed by atoms with Crippen LogP contribution in [0.25, 0.3) is 0 Å². The summed E-state index contributed by atoms with van der Waals surface area (Å²) in [5.41, 5.74) is 5.97. The van der Waals surface area contributed by atoms with Gasteiger partial charge in [-0.3, -0.25) is 0 Å². The van der Waals surface area contributed by atoms with Gasteiger partial charge in [0.25, 0.3) is 0 Å². The quantitative estimate of drug-likeness (QED) is 0.640. The predicted octanol–water partition coefficient (Wildman–Crippen LogP) is 1.15. The summed E-state index contributed by atoms with van der Waals surface area (Å²) in [6, 6.07) is 0. The van der Waals surface area contributed by atoms with Crippen molar-refractivity contribution in [2.24, 2.45) is 11.1 Å². The number of hydrogen-bond donors (Lipinski definition) is 1. The lowest BCUT2D eigenvalue weighted by Gasteiger charge is -2.41. The van der Waals surface area contributed by atoms with Gasteiger partial charge >= 0.3 is 0 Å². The van der Waals surface area contributed by atoms with Crippen LogP contribution in [0.2, 0.25) is 0 Å². The van der Waals surface area contributed by atoms with Gasteiger partial charge in [-0.1, -0.05) is 13.3 Å². The lowest BCUT2D eigenvalue weighted by Crippen LogP contribution is -2.43. The van der Waals surface area contributed by atoms with Gasteiger partial charge in [0.05, 0.1) is 13.2 Å². The largest absolute Gasteiger partial charge is 0.380 e. The van der Waals surface area contributed by atoms with Crippen LogP contribution in [0.5, 0.6) is 0 Å². The molecule has 0 spiro atoms. The first-order valence-corrected chi connectivity index (χ1v) is 4.11. The Kier molecular flexibility index (Phi) is 2.69. The lowest BCUT2D eigenvalue weighted by atomic mass is 9.78. The highest BCUT2D eigenvalue weighted by Crippen LogP contribution is 2.35. The summed E-state index contributed by atoms with van der Waals surface area (Å²) in [7, 11) is 0.